The van der Waals surface area contributed by atoms with Gasteiger partial charge in [-0.2, -0.15) is 0 Å². The third-order valence-electron chi connectivity index (χ3n) is 1.76. The number of amides is 1. The molecule has 0 fully saturated rings. The standard InChI is InChI=1S/C10H12ClN3O/c1-2-4-8(12)10(15)14-9-7(11)5-3-6-13-9/h2-3,5-6,8H,1,4,12H2,(H,13,14,15). The number of carbonyl (C=O) groups excluding carboxylic acids is 1. The van der Waals surface area contributed by atoms with Crippen molar-refractivity contribution in [2.75, 3.05) is 5.32 Å². The van der Waals surface area contributed by atoms with E-state index in [-0.39, 0.29) is 5.91 Å². The van der Waals surface area contributed by atoms with Crippen LogP contribution in [0.15, 0.2) is 31.0 Å². The molecule has 0 bridgehead atoms. The van der Waals surface area contributed by atoms with Crippen LogP contribution in [-0.2, 0) is 4.79 Å². The van der Waals surface area contributed by atoms with E-state index >= 15 is 0 Å². The second kappa shape index (κ2) is 5.48. The Morgan fingerprint density at radius 1 is 1.80 bits per heavy atom. The van der Waals surface area contributed by atoms with Crippen molar-refractivity contribution in [3.63, 3.8) is 0 Å². The van der Waals surface area contributed by atoms with Crippen LogP contribution in [0.5, 0.6) is 0 Å². The van der Waals surface area contributed by atoms with Gasteiger partial charge in [0.05, 0.1) is 11.1 Å². The van der Waals surface area contributed by atoms with Crippen molar-refractivity contribution in [3.8, 4) is 0 Å². The first-order chi connectivity index (χ1) is 7.15. The van der Waals surface area contributed by atoms with E-state index in [1.165, 1.54) is 0 Å². The topological polar surface area (TPSA) is 68.0 Å². The van der Waals surface area contributed by atoms with Crippen LogP contribution < -0.4 is 11.1 Å². The highest BCUT2D eigenvalue weighted by molar-refractivity contribution is 6.33. The Bertz CT molecular complexity index is 367. The van der Waals surface area contributed by atoms with Gasteiger partial charge in [0.15, 0.2) is 5.82 Å². The second-order valence-corrected chi connectivity index (χ2v) is 3.36. The van der Waals surface area contributed by atoms with E-state index in [4.69, 9.17) is 17.3 Å². The van der Waals surface area contributed by atoms with Crippen LogP contribution in [-0.4, -0.2) is 16.9 Å². The van der Waals surface area contributed by atoms with E-state index in [9.17, 15) is 4.79 Å². The van der Waals surface area contributed by atoms with E-state index in [1.807, 2.05) is 0 Å². The van der Waals surface area contributed by atoms with Crippen LogP contribution in [0.3, 0.4) is 0 Å². The lowest BCUT2D eigenvalue weighted by atomic mass is 10.2. The number of hydrogen-bond acceptors (Lipinski definition) is 3. The van der Waals surface area contributed by atoms with E-state index in [0.717, 1.165) is 0 Å². The van der Waals surface area contributed by atoms with Crippen molar-refractivity contribution in [2.24, 2.45) is 5.73 Å². The molecule has 1 aromatic heterocycles. The molecular formula is C10H12ClN3O. The minimum absolute atomic E-state index is 0.323. The number of aromatic nitrogens is 1. The Morgan fingerprint density at radius 3 is 3.13 bits per heavy atom. The van der Waals surface area contributed by atoms with Gasteiger partial charge in [0, 0.05) is 6.20 Å². The molecule has 1 rings (SSSR count). The van der Waals surface area contributed by atoms with Gasteiger partial charge in [-0.05, 0) is 18.6 Å². The van der Waals surface area contributed by atoms with Gasteiger partial charge >= 0.3 is 0 Å². The van der Waals surface area contributed by atoms with Crippen molar-refractivity contribution in [1.82, 2.24) is 4.98 Å². The Balaban J connectivity index is 2.66. The SMILES string of the molecule is C=CCC(N)C(=O)Nc1ncccc1Cl. The molecule has 15 heavy (non-hydrogen) atoms. The zero-order chi connectivity index (χ0) is 11.3. The van der Waals surface area contributed by atoms with E-state index < -0.39 is 6.04 Å². The average Bonchev–Trinajstić information content (AvgIpc) is 2.21. The van der Waals surface area contributed by atoms with Gasteiger partial charge in [0.25, 0.3) is 0 Å². The number of nitrogens with two attached hydrogens (primary N) is 1. The summed E-state index contributed by atoms with van der Waals surface area (Å²) in [5, 5.41) is 2.93. The van der Waals surface area contributed by atoms with Crippen LogP contribution in [0.2, 0.25) is 5.02 Å². The number of hydrogen-bond donors (Lipinski definition) is 2. The van der Waals surface area contributed by atoms with Crippen LogP contribution in [0.1, 0.15) is 6.42 Å². The number of carbonyl (C=O) groups is 1. The fraction of sp³-hybridized carbons (Fsp3) is 0.200. The first-order valence-electron chi connectivity index (χ1n) is 4.43. The number of nitrogens with zero attached hydrogens (tertiary/aromatic N) is 1. The molecule has 4 nitrogen and oxygen atoms in total. The highest BCUT2D eigenvalue weighted by Gasteiger charge is 2.13. The normalized spacial score (nSPS) is 11.9. The number of anilines is 1. The molecular weight excluding hydrogens is 214 g/mol. The zero-order valence-corrected chi connectivity index (χ0v) is 8.87. The molecule has 0 spiro atoms. The highest BCUT2D eigenvalue weighted by Crippen LogP contribution is 2.17. The van der Waals surface area contributed by atoms with Crippen molar-refractivity contribution in [3.05, 3.63) is 36.0 Å². The van der Waals surface area contributed by atoms with Crippen LogP contribution in [0.4, 0.5) is 5.82 Å². The fourth-order valence-corrected chi connectivity index (χ4v) is 1.14. The Hall–Kier alpha value is -1.39. The largest absolute Gasteiger partial charge is 0.320 e. The van der Waals surface area contributed by atoms with E-state index in [1.54, 1.807) is 24.4 Å². The summed E-state index contributed by atoms with van der Waals surface area (Å²) in [5.74, 6) is -0.000760. The van der Waals surface area contributed by atoms with Crippen molar-refractivity contribution in [2.45, 2.75) is 12.5 Å². The molecule has 0 radical (unpaired) electrons. The predicted octanol–water partition coefficient (Wildman–Crippen LogP) is 1.58. The molecule has 1 unspecified atom stereocenters. The maximum absolute atomic E-state index is 11.5. The number of halogens is 1. The molecule has 0 saturated heterocycles. The van der Waals surface area contributed by atoms with Crippen LogP contribution in [0.25, 0.3) is 0 Å². The number of nitrogens with one attached hydrogen (secondary N) is 1. The molecule has 3 N–H and O–H groups in total. The predicted molar refractivity (Wildman–Crippen MR) is 60.7 cm³/mol. The quantitative estimate of drug-likeness (QED) is 0.765. The summed E-state index contributed by atoms with van der Waals surface area (Å²) in [7, 11) is 0. The summed E-state index contributed by atoms with van der Waals surface area (Å²) < 4.78 is 0. The zero-order valence-electron chi connectivity index (χ0n) is 8.11. The average molecular weight is 226 g/mol. The summed E-state index contributed by atoms with van der Waals surface area (Å²) in [5.41, 5.74) is 5.57. The van der Waals surface area contributed by atoms with Crippen molar-refractivity contribution < 1.29 is 4.79 Å². The lowest BCUT2D eigenvalue weighted by Gasteiger charge is -2.10. The third-order valence-corrected chi connectivity index (χ3v) is 2.06. The van der Waals surface area contributed by atoms with Gasteiger partial charge in [-0.15, -0.1) is 6.58 Å². The number of rotatable bonds is 4. The van der Waals surface area contributed by atoms with Gasteiger partial charge in [-0.1, -0.05) is 17.7 Å². The molecule has 0 aliphatic carbocycles. The minimum Gasteiger partial charge on any atom is -0.320 e. The molecule has 0 aliphatic rings. The van der Waals surface area contributed by atoms with Crippen LogP contribution in [0, 0.1) is 0 Å². The molecule has 0 aromatic carbocycles. The molecule has 1 amide bonds. The lowest BCUT2D eigenvalue weighted by molar-refractivity contribution is -0.117. The van der Waals surface area contributed by atoms with Crippen molar-refractivity contribution >= 4 is 23.3 Å². The Kier molecular flexibility index (Phi) is 4.27. The van der Waals surface area contributed by atoms with Gasteiger partial charge < -0.3 is 11.1 Å². The molecule has 0 aliphatic heterocycles. The smallest absolute Gasteiger partial charge is 0.242 e. The summed E-state index contributed by atoms with van der Waals surface area (Å²) >= 11 is 5.81. The molecule has 80 valence electrons. The summed E-state index contributed by atoms with van der Waals surface area (Å²) in [4.78, 5) is 15.4. The number of pyridine rings is 1. The van der Waals surface area contributed by atoms with Gasteiger partial charge in [-0.25, -0.2) is 4.98 Å². The van der Waals surface area contributed by atoms with Gasteiger partial charge in [0.1, 0.15) is 0 Å². The molecule has 0 saturated carbocycles. The van der Waals surface area contributed by atoms with E-state index in [2.05, 4.69) is 16.9 Å². The van der Waals surface area contributed by atoms with Crippen LogP contribution >= 0.6 is 11.6 Å². The van der Waals surface area contributed by atoms with Gasteiger partial charge in [0.2, 0.25) is 5.91 Å². The monoisotopic (exact) mass is 225 g/mol. The molecule has 1 aromatic rings. The second-order valence-electron chi connectivity index (χ2n) is 2.95. The lowest BCUT2D eigenvalue weighted by Crippen LogP contribution is -2.35. The molecule has 1 atom stereocenters. The minimum atomic E-state index is -0.624. The van der Waals surface area contributed by atoms with Gasteiger partial charge in [-0.3, -0.25) is 4.79 Å². The maximum atomic E-state index is 11.5. The third kappa shape index (κ3) is 3.34. The maximum Gasteiger partial charge on any atom is 0.242 e. The molecule has 5 heteroatoms. The fourth-order valence-electron chi connectivity index (χ4n) is 0.974. The van der Waals surface area contributed by atoms with Crippen molar-refractivity contribution in [1.29, 1.82) is 0 Å². The Labute approximate surface area is 93.1 Å². The van der Waals surface area contributed by atoms with E-state index in [0.29, 0.717) is 17.3 Å². The highest BCUT2D eigenvalue weighted by atomic mass is 35.5. The molecule has 1 heterocycles. The summed E-state index contributed by atoms with van der Waals surface area (Å²) in [6.07, 6.45) is 3.54. The summed E-state index contributed by atoms with van der Waals surface area (Å²) in [6, 6.07) is 2.70. The first kappa shape index (κ1) is 11.7. The summed E-state index contributed by atoms with van der Waals surface area (Å²) in [6.45, 7) is 3.51. The Morgan fingerprint density at radius 2 is 2.53 bits per heavy atom. The first-order valence-corrected chi connectivity index (χ1v) is 4.80.